The van der Waals surface area contributed by atoms with E-state index in [1.807, 2.05) is 6.92 Å². The molecule has 1 unspecified atom stereocenters. The summed E-state index contributed by atoms with van der Waals surface area (Å²) >= 11 is 0. The molecule has 0 aliphatic carbocycles. The molecular formula is C11H18O4. The zero-order valence-electron chi connectivity index (χ0n) is 9.19. The average molecular weight is 214 g/mol. The number of aliphatic carboxylic acids is 2. The van der Waals surface area contributed by atoms with Crippen LogP contribution in [-0.4, -0.2) is 22.2 Å². The second-order valence-corrected chi connectivity index (χ2v) is 3.46. The molecule has 1 atom stereocenters. The van der Waals surface area contributed by atoms with Crippen molar-refractivity contribution in [2.75, 3.05) is 0 Å². The van der Waals surface area contributed by atoms with E-state index in [9.17, 15) is 9.59 Å². The molecule has 0 aromatic rings. The lowest BCUT2D eigenvalue weighted by atomic mass is 9.91. The molecule has 0 rings (SSSR count). The highest BCUT2D eigenvalue weighted by molar-refractivity contribution is 5.80. The Kier molecular flexibility index (Phi) is 6.42. The predicted molar refractivity (Wildman–Crippen MR) is 56.7 cm³/mol. The first-order valence-corrected chi connectivity index (χ1v) is 5.12. The normalized spacial score (nSPS) is 13.6. The van der Waals surface area contributed by atoms with Crippen LogP contribution < -0.4 is 0 Å². The Morgan fingerprint density at radius 3 is 2.27 bits per heavy atom. The molecule has 0 fully saturated rings. The van der Waals surface area contributed by atoms with Gasteiger partial charge >= 0.3 is 11.9 Å². The van der Waals surface area contributed by atoms with E-state index in [2.05, 4.69) is 0 Å². The Morgan fingerprint density at radius 2 is 1.93 bits per heavy atom. The second kappa shape index (κ2) is 7.04. The van der Waals surface area contributed by atoms with Crippen molar-refractivity contribution in [1.29, 1.82) is 0 Å². The number of rotatable bonds is 7. The number of carboxylic acid groups (broad SMARTS) is 2. The smallest absolute Gasteiger partial charge is 0.311 e. The number of hydrogen-bond donors (Lipinski definition) is 2. The van der Waals surface area contributed by atoms with Gasteiger partial charge in [0.05, 0.1) is 12.3 Å². The van der Waals surface area contributed by atoms with Crippen molar-refractivity contribution in [1.82, 2.24) is 0 Å². The summed E-state index contributed by atoms with van der Waals surface area (Å²) in [6.45, 7) is 3.77. The largest absolute Gasteiger partial charge is 0.481 e. The molecule has 4 nitrogen and oxygen atoms in total. The number of carbonyl (C=O) groups is 2. The molecule has 0 radical (unpaired) electrons. The number of allylic oxidation sites excluding steroid dienone is 1. The Balaban J connectivity index is 4.56. The molecule has 4 heteroatoms. The van der Waals surface area contributed by atoms with Gasteiger partial charge in [-0.25, -0.2) is 0 Å². The standard InChI is InChI=1S/C11H18O4/c1-3-5-6-8(4-2)9(11(14)15)7-10(12)13/h4,9H,3,5-7H2,1-2H3,(H,12,13)(H,14,15). The van der Waals surface area contributed by atoms with Crippen LogP contribution in [0.25, 0.3) is 0 Å². The minimum Gasteiger partial charge on any atom is -0.481 e. The van der Waals surface area contributed by atoms with Crippen LogP contribution in [0.5, 0.6) is 0 Å². The first kappa shape index (κ1) is 13.7. The molecule has 0 amide bonds. The Morgan fingerprint density at radius 1 is 1.33 bits per heavy atom. The van der Waals surface area contributed by atoms with Gasteiger partial charge in [0.2, 0.25) is 0 Å². The summed E-state index contributed by atoms with van der Waals surface area (Å²) < 4.78 is 0. The van der Waals surface area contributed by atoms with Crippen molar-refractivity contribution in [3.05, 3.63) is 11.6 Å². The maximum absolute atomic E-state index is 10.9. The third-order valence-electron chi connectivity index (χ3n) is 2.31. The fourth-order valence-electron chi connectivity index (χ4n) is 1.45. The fourth-order valence-corrected chi connectivity index (χ4v) is 1.45. The van der Waals surface area contributed by atoms with Crippen molar-refractivity contribution in [3.8, 4) is 0 Å². The average Bonchev–Trinajstić information content (AvgIpc) is 2.16. The minimum atomic E-state index is -1.07. The van der Waals surface area contributed by atoms with E-state index >= 15 is 0 Å². The van der Waals surface area contributed by atoms with E-state index in [-0.39, 0.29) is 6.42 Å². The molecule has 0 saturated carbocycles. The number of hydrogen-bond acceptors (Lipinski definition) is 2. The van der Waals surface area contributed by atoms with Crippen LogP contribution in [0.4, 0.5) is 0 Å². The molecular weight excluding hydrogens is 196 g/mol. The van der Waals surface area contributed by atoms with Crippen molar-refractivity contribution in [2.45, 2.75) is 39.5 Å². The van der Waals surface area contributed by atoms with Gasteiger partial charge in [-0.05, 0) is 19.8 Å². The summed E-state index contributed by atoms with van der Waals surface area (Å²) in [6.07, 6.45) is 3.91. The van der Waals surface area contributed by atoms with Crippen LogP contribution >= 0.6 is 0 Å². The number of unbranched alkanes of at least 4 members (excludes halogenated alkanes) is 1. The summed E-state index contributed by atoms with van der Waals surface area (Å²) in [5, 5.41) is 17.5. The van der Waals surface area contributed by atoms with Crippen LogP contribution in [0.2, 0.25) is 0 Å². The highest BCUT2D eigenvalue weighted by Crippen LogP contribution is 2.21. The third-order valence-corrected chi connectivity index (χ3v) is 2.31. The van der Waals surface area contributed by atoms with Crippen molar-refractivity contribution < 1.29 is 19.8 Å². The van der Waals surface area contributed by atoms with E-state index in [0.29, 0.717) is 12.0 Å². The summed E-state index contributed by atoms with van der Waals surface area (Å²) in [7, 11) is 0. The van der Waals surface area contributed by atoms with Gasteiger partial charge < -0.3 is 10.2 Å². The Hall–Kier alpha value is -1.32. The van der Waals surface area contributed by atoms with Gasteiger partial charge in [-0.15, -0.1) is 0 Å². The fraction of sp³-hybridized carbons (Fsp3) is 0.636. The SMILES string of the molecule is CC=C(CCCC)C(CC(=O)O)C(=O)O. The second-order valence-electron chi connectivity index (χ2n) is 3.46. The molecule has 0 aromatic heterocycles. The number of carboxylic acids is 2. The van der Waals surface area contributed by atoms with Crippen molar-refractivity contribution >= 4 is 11.9 Å². The summed E-state index contributed by atoms with van der Waals surface area (Å²) in [5.74, 6) is -3.00. The van der Waals surface area contributed by atoms with Crippen LogP contribution in [0.15, 0.2) is 11.6 Å². The molecule has 15 heavy (non-hydrogen) atoms. The van der Waals surface area contributed by atoms with Gasteiger partial charge in [-0.3, -0.25) is 9.59 Å². The van der Waals surface area contributed by atoms with Gasteiger partial charge in [0, 0.05) is 0 Å². The molecule has 0 aromatic carbocycles. The van der Waals surface area contributed by atoms with Crippen LogP contribution in [0.1, 0.15) is 39.5 Å². The predicted octanol–water partition coefficient (Wildman–Crippen LogP) is 2.30. The van der Waals surface area contributed by atoms with Gasteiger partial charge in [-0.2, -0.15) is 0 Å². The molecule has 86 valence electrons. The zero-order chi connectivity index (χ0) is 11.8. The van der Waals surface area contributed by atoms with Gasteiger partial charge in [0.25, 0.3) is 0 Å². The van der Waals surface area contributed by atoms with Gasteiger partial charge in [0.1, 0.15) is 0 Å². The summed E-state index contributed by atoms with van der Waals surface area (Å²) in [6, 6.07) is 0. The minimum absolute atomic E-state index is 0.335. The third kappa shape index (κ3) is 5.20. The monoisotopic (exact) mass is 214 g/mol. The van der Waals surface area contributed by atoms with Gasteiger partial charge in [-0.1, -0.05) is 25.0 Å². The lowest BCUT2D eigenvalue weighted by Gasteiger charge is -2.13. The highest BCUT2D eigenvalue weighted by atomic mass is 16.4. The Labute approximate surface area is 89.6 Å². The van der Waals surface area contributed by atoms with E-state index < -0.39 is 17.9 Å². The first-order chi connectivity index (χ1) is 7.02. The molecule has 0 aliphatic heterocycles. The maximum Gasteiger partial charge on any atom is 0.311 e. The first-order valence-electron chi connectivity index (χ1n) is 5.12. The van der Waals surface area contributed by atoms with E-state index in [1.165, 1.54) is 0 Å². The van der Waals surface area contributed by atoms with Crippen molar-refractivity contribution in [3.63, 3.8) is 0 Å². The van der Waals surface area contributed by atoms with Crippen LogP contribution in [0.3, 0.4) is 0 Å². The van der Waals surface area contributed by atoms with E-state index in [0.717, 1.165) is 12.8 Å². The van der Waals surface area contributed by atoms with Gasteiger partial charge in [0.15, 0.2) is 0 Å². The quantitative estimate of drug-likeness (QED) is 0.637. The zero-order valence-corrected chi connectivity index (χ0v) is 9.19. The topological polar surface area (TPSA) is 74.6 Å². The summed E-state index contributed by atoms with van der Waals surface area (Å²) in [4.78, 5) is 21.4. The van der Waals surface area contributed by atoms with E-state index in [4.69, 9.17) is 10.2 Å². The lowest BCUT2D eigenvalue weighted by molar-refractivity contribution is -0.147. The molecule has 0 heterocycles. The van der Waals surface area contributed by atoms with Crippen LogP contribution in [-0.2, 0) is 9.59 Å². The van der Waals surface area contributed by atoms with Crippen molar-refractivity contribution in [2.24, 2.45) is 5.92 Å². The van der Waals surface area contributed by atoms with E-state index in [1.54, 1.807) is 13.0 Å². The highest BCUT2D eigenvalue weighted by Gasteiger charge is 2.24. The summed E-state index contributed by atoms with van der Waals surface area (Å²) in [5.41, 5.74) is 0.715. The molecule has 2 N–H and O–H groups in total. The maximum atomic E-state index is 10.9. The lowest BCUT2D eigenvalue weighted by Crippen LogP contribution is -2.20. The molecule has 0 spiro atoms. The molecule has 0 bridgehead atoms. The molecule has 0 aliphatic rings. The van der Waals surface area contributed by atoms with Crippen LogP contribution in [0, 0.1) is 5.92 Å². The molecule has 0 saturated heterocycles. The Bertz CT molecular complexity index is 255.